The van der Waals surface area contributed by atoms with Crippen molar-refractivity contribution in [3.05, 3.63) is 47.5 Å². The normalized spacial score (nSPS) is 14.2. The molecule has 0 fully saturated rings. The van der Waals surface area contributed by atoms with Crippen LogP contribution in [-0.2, 0) is 11.2 Å². The first-order chi connectivity index (χ1) is 13.5. The topological polar surface area (TPSA) is 75.3 Å². The molecule has 0 saturated heterocycles. The number of H-pyrrole nitrogens is 1. The Hall–Kier alpha value is -2.80. The maximum Gasteiger partial charge on any atom is 0.223 e. The van der Waals surface area contributed by atoms with Gasteiger partial charge in [0.1, 0.15) is 5.75 Å². The third kappa shape index (κ3) is 3.38. The van der Waals surface area contributed by atoms with E-state index in [1.54, 1.807) is 18.9 Å². The predicted molar refractivity (Wildman–Crippen MR) is 110 cm³/mol. The maximum absolute atomic E-state index is 12.9. The molecule has 28 heavy (non-hydrogen) atoms. The number of aromatic amines is 1. The van der Waals surface area contributed by atoms with E-state index in [0.29, 0.717) is 17.3 Å². The van der Waals surface area contributed by atoms with Crippen molar-refractivity contribution >= 4 is 40.2 Å². The second kappa shape index (κ2) is 7.31. The van der Waals surface area contributed by atoms with E-state index in [4.69, 9.17) is 4.74 Å². The summed E-state index contributed by atoms with van der Waals surface area (Å²) >= 11 is 1.40. The van der Waals surface area contributed by atoms with Crippen molar-refractivity contribution in [3.8, 4) is 5.75 Å². The first-order valence-corrected chi connectivity index (χ1v) is 10.00. The first-order valence-electron chi connectivity index (χ1n) is 9.12. The third-order valence-electron chi connectivity index (χ3n) is 4.96. The SMILES string of the molecule is COc1ccc2nc(SC(C)C(=O)c3ccc4c(c3)CCN4C(C)=O)[nH]c2c1. The number of imidazole rings is 1. The Morgan fingerprint density at radius 3 is 2.82 bits per heavy atom. The Bertz CT molecular complexity index is 1080. The predicted octanol–water partition coefficient (Wildman–Crippen LogP) is 3.84. The minimum Gasteiger partial charge on any atom is -0.497 e. The minimum absolute atomic E-state index is 0.0308. The van der Waals surface area contributed by atoms with Crippen LogP contribution in [0.15, 0.2) is 41.6 Å². The van der Waals surface area contributed by atoms with Crippen LogP contribution in [0.25, 0.3) is 11.0 Å². The molecule has 1 aliphatic heterocycles. The van der Waals surface area contributed by atoms with E-state index in [-0.39, 0.29) is 16.9 Å². The number of carbonyl (C=O) groups excluding carboxylic acids is 2. The molecule has 1 amide bonds. The number of amides is 1. The number of nitrogens with zero attached hydrogens (tertiary/aromatic N) is 2. The number of methoxy groups -OCH3 is 1. The number of Topliss-reactive ketones (excluding diaryl/α,β-unsaturated/α-hetero) is 1. The fourth-order valence-corrected chi connectivity index (χ4v) is 4.38. The summed E-state index contributed by atoms with van der Waals surface area (Å²) in [5.74, 6) is 0.838. The lowest BCUT2D eigenvalue weighted by Crippen LogP contribution is -2.25. The molecule has 0 bridgehead atoms. The summed E-state index contributed by atoms with van der Waals surface area (Å²) in [6.45, 7) is 4.13. The Kier molecular flexibility index (Phi) is 4.85. The van der Waals surface area contributed by atoms with E-state index in [9.17, 15) is 9.59 Å². The first kappa shape index (κ1) is 18.6. The van der Waals surface area contributed by atoms with E-state index in [1.807, 2.05) is 43.3 Å². The average Bonchev–Trinajstić information content (AvgIpc) is 3.29. The van der Waals surface area contributed by atoms with Crippen LogP contribution in [0, 0.1) is 0 Å². The largest absolute Gasteiger partial charge is 0.497 e. The number of ketones is 1. The summed E-state index contributed by atoms with van der Waals surface area (Å²) in [7, 11) is 1.63. The molecule has 0 radical (unpaired) electrons. The summed E-state index contributed by atoms with van der Waals surface area (Å²) in [6.07, 6.45) is 0.781. The molecule has 0 aliphatic carbocycles. The van der Waals surface area contributed by atoms with Crippen molar-refractivity contribution < 1.29 is 14.3 Å². The summed E-state index contributed by atoms with van der Waals surface area (Å²) in [5.41, 5.74) is 4.35. The smallest absolute Gasteiger partial charge is 0.223 e. The standard InChI is InChI=1S/C21H21N3O3S/c1-12(28-21-22-17-6-5-16(27-3)11-18(17)23-21)20(26)15-4-7-19-14(10-15)8-9-24(19)13(2)25/h4-7,10-12H,8-9H2,1-3H3,(H,22,23). The van der Waals surface area contributed by atoms with Crippen molar-refractivity contribution in [1.82, 2.24) is 9.97 Å². The summed E-state index contributed by atoms with van der Waals surface area (Å²) in [6, 6.07) is 11.2. The zero-order chi connectivity index (χ0) is 19.8. The van der Waals surface area contributed by atoms with E-state index in [0.717, 1.165) is 34.5 Å². The van der Waals surface area contributed by atoms with Crippen LogP contribution in [0.3, 0.4) is 0 Å². The number of hydrogen-bond donors (Lipinski definition) is 1. The average molecular weight is 395 g/mol. The number of thioether (sulfide) groups is 1. The molecule has 3 aromatic rings. The molecule has 1 atom stereocenters. The van der Waals surface area contributed by atoms with Crippen LogP contribution in [0.4, 0.5) is 5.69 Å². The number of ether oxygens (including phenoxy) is 1. The highest BCUT2D eigenvalue weighted by molar-refractivity contribution is 8.00. The summed E-state index contributed by atoms with van der Waals surface area (Å²) in [5, 5.41) is 0.416. The van der Waals surface area contributed by atoms with Gasteiger partial charge in [-0.3, -0.25) is 9.59 Å². The van der Waals surface area contributed by atoms with Gasteiger partial charge in [-0.2, -0.15) is 0 Å². The highest BCUT2D eigenvalue weighted by Gasteiger charge is 2.25. The van der Waals surface area contributed by atoms with Crippen LogP contribution in [0.5, 0.6) is 5.75 Å². The number of carbonyl (C=O) groups is 2. The van der Waals surface area contributed by atoms with E-state index >= 15 is 0 Å². The Balaban J connectivity index is 1.52. The van der Waals surface area contributed by atoms with E-state index in [2.05, 4.69) is 9.97 Å². The van der Waals surface area contributed by atoms with Gasteiger partial charge < -0.3 is 14.6 Å². The highest BCUT2D eigenvalue weighted by Crippen LogP contribution is 2.31. The van der Waals surface area contributed by atoms with Crippen LogP contribution in [-0.4, -0.2) is 40.6 Å². The van der Waals surface area contributed by atoms with Crippen LogP contribution >= 0.6 is 11.8 Å². The molecular formula is C21H21N3O3S. The number of aromatic nitrogens is 2. The number of hydrogen-bond acceptors (Lipinski definition) is 5. The Morgan fingerprint density at radius 2 is 2.07 bits per heavy atom. The van der Waals surface area contributed by atoms with E-state index in [1.165, 1.54) is 11.8 Å². The third-order valence-corrected chi connectivity index (χ3v) is 5.95. The van der Waals surface area contributed by atoms with Crippen molar-refractivity contribution in [3.63, 3.8) is 0 Å². The molecule has 0 saturated carbocycles. The van der Waals surface area contributed by atoms with Gasteiger partial charge in [0.05, 0.1) is 23.4 Å². The van der Waals surface area contributed by atoms with Gasteiger partial charge in [0.15, 0.2) is 10.9 Å². The molecule has 1 unspecified atom stereocenters. The Labute approximate surface area is 167 Å². The van der Waals surface area contributed by atoms with Crippen molar-refractivity contribution in [2.75, 3.05) is 18.6 Å². The molecule has 1 aromatic heterocycles. The second-order valence-electron chi connectivity index (χ2n) is 6.81. The van der Waals surface area contributed by atoms with Crippen molar-refractivity contribution in [2.45, 2.75) is 30.7 Å². The lowest BCUT2D eigenvalue weighted by molar-refractivity contribution is -0.116. The molecule has 2 aromatic carbocycles. The lowest BCUT2D eigenvalue weighted by Gasteiger charge is -2.15. The van der Waals surface area contributed by atoms with Gasteiger partial charge in [0.2, 0.25) is 5.91 Å². The van der Waals surface area contributed by atoms with Gasteiger partial charge in [-0.1, -0.05) is 11.8 Å². The zero-order valence-corrected chi connectivity index (χ0v) is 16.8. The fraction of sp³-hybridized carbons (Fsp3) is 0.286. The molecule has 1 aliphatic rings. The number of rotatable bonds is 5. The second-order valence-corrected chi connectivity index (χ2v) is 8.14. The summed E-state index contributed by atoms with van der Waals surface area (Å²) in [4.78, 5) is 34.2. The van der Waals surface area contributed by atoms with Crippen LogP contribution in [0.1, 0.15) is 29.8 Å². The minimum atomic E-state index is -0.286. The molecule has 1 N–H and O–H groups in total. The number of anilines is 1. The van der Waals surface area contributed by atoms with Gasteiger partial charge >= 0.3 is 0 Å². The molecule has 0 spiro atoms. The van der Waals surface area contributed by atoms with Gasteiger partial charge in [0.25, 0.3) is 0 Å². The van der Waals surface area contributed by atoms with Gasteiger partial charge in [0, 0.05) is 30.8 Å². The fourth-order valence-electron chi connectivity index (χ4n) is 3.49. The number of benzene rings is 2. The molecular weight excluding hydrogens is 374 g/mol. The van der Waals surface area contributed by atoms with Crippen molar-refractivity contribution in [2.24, 2.45) is 0 Å². The monoisotopic (exact) mass is 395 g/mol. The Morgan fingerprint density at radius 1 is 1.25 bits per heavy atom. The number of nitrogens with one attached hydrogen (secondary N) is 1. The van der Waals surface area contributed by atoms with Gasteiger partial charge in [-0.15, -0.1) is 0 Å². The highest BCUT2D eigenvalue weighted by atomic mass is 32.2. The molecule has 7 heteroatoms. The van der Waals surface area contributed by atoms with Crippen molar-refractivity contribution in [1.29, 1.82) is 0 Å². The quantitative estimate of drug-likeness (QED) is 0.525. The lowest BCUT2D eigenvalue weighted by atomic mass is 10.0. The summed E-state index contributed by atoms with van der Waals surface area (Å²) < 4.78 is 5.23. The van der Waals surface area contributed by atoms with Gasteiger partial charge in [-0.05, 0) is 49.2 Å². The maximum atomic E-state index is 12.9. The molecule has 2 heterocycles. The van der Waals surface area contributed by atoms with Crippen LogP contribution < -0.4 is 9.64 Å². The zero-order valence-electron chi connectivity index (χ0n) is 16.0. The molecule has 6 nitrogen and oxygen atoms in total. The molecule has 144 valence electrons. The van der Waals surface area contributed by atoms with E-state index < -0.39 is 0 Å². The molecule has 4 rings (SSSR count). The number of fused-ring (bicyclic) bond motifs is 2. The van der Waals surface area contributed by atoms with Crippen LogP contribution in [0.2, 0.25) is 0 Å². The van der Waals surface area contributed by atoms with Gasteiger partial charge in [-0.25, -0.2) is 4.98 Å².